The van der Waals surface area contributed by atoms with Crippen molar-refractivity contribution in [2.24, 2.45) is 5.84 Å². The van der Waals surface area contributed by atoms with Crippen molar-refractivity contribution in [2.45, 2.75) is 30.5 Å². The SMILES string of the molecule is CC(C)(C)Sc1nc(NN)c(F)cc1F. The van der Waals surface area contributed by atoms with Gasteiger partial charge in [0, 0.05) is 10.8 Å². The maximum absolute atomic E-state index is 13.3. The van der Waals surface area contributed by atoms with Crippen LogP contribution in [0.1, 0.15) is 20.8 Å². The van der Waals surface area contributed by atoms with E-state index in [1.54, 1.807) is 0 Å². The number of thioether (sulfide) groups is 1. The van der Waals surface area contributed by atoms with E-state index in [1.165, 1.54) is 11.8 Å². The van der Waals surface area contributed by atoms with E-state index in [-0.39, 0.29) is 15.6 Å². The van der Waals surface area contributed by atoms with Gasteiger partial charge in [-0.3, -0.25) is 0 Å². The Bertz CT molecular complexity index is 363. The van der Waals surface area contributed by atoms with Gasteiger partial charge in [0.05, 0.1) is 0 Å². The molecule has 0 saturated heterocycles. The number of halogens is 2. The maximum atomic E-state index is 13.3. The summed E-state index contributed by atoms with van der Waals surface area (Å²) < 4.78 is 26.1. The number of pyridine rings is 1. The highest BCUT2D eigenvalue weighted by Gasteiger charge is 2.18. The molecule has 0 spiro atoms. The Morgan fingerprint density at radius 2 is 1.93 bits per heavy atom. The molecule has 0 aliphatic rings. The summed E-state index contributed by atoms with van der Waals surface area (Å²) >= 11 is 1.22. The fraction of sp³-hybridized carbons (Fsp3) is 0.444. The minimum absolute atomic E-state index is 0.136. The van der Waals surface area contributed by atoms with Gasteiger partial charge in [-0.25, -0.2) is 19.6 Å². The number of nitrogens with zero attached hydrogens (tertiary/aromatic N) is 1. The Morgan fingerprint density at radius 3 is 2.40 bits per heavy atom. The first-order valence-corrected chi connectivity index (χ1v) is 5.17. The summed E-state index contributed by atoms with van der Waals surface area (Å²) in [4.78, 5) is 3.75. The van der Waals surface area contributed by atoms with Crippen LogP contribution in [0, 0.1) is 11.6 Å². The summed E-state index contributed by atoms with van der Waals surface area (Å²) in [5.41, 5.74) is 2.08. The van der Waals surface area contributed by atoms with Crippen molar-refractivity contribution in [2.75, 3.05) is 5.43 Å². The van der Waals surface area contributed by atoms with Crippen molar-refractivity contribution in [3.05, 3.63) is 17.7 Å². The first-order valence-electron chi connectivity index (χ1n) is 4.35. The number of anilines is 1. The van der Waals surface area contributed by atoms with Crippen LogP contribution < -0.4 is 11.3 Å². The minimum atomic E-state index is -0.798. The predicted molar refractivity (Wildman–Crippen MR) is 57.6 cm³/mol. The molecule has 0 aliphatic carbocycles. The summed E-state index contributed by atoms with van der Waals surface area (Å²) in [6.07, 6.45) is 0. The number of hydrogen-bond donors (Lipinski definition) is 2. The van der Waals surface area contributed by atoms with Gasteiger partial charge in [0.15, 0.2) is 17.5 Å². The number of aromatic nitrogens is 1. The fourth-order valence-electron chi connectivity index (χ4n) is 0.913. The van der Waals surface area contributed by atoms with Gasteiger partial charge in [0.1, 0.15) is 5.03 Å². The van der Waals surface area contributed by atoms with Crippen LogP contribution in [0.4, 0.5) is 14.6 Å². The van der Waals surface area contributed by atoms with Gasteiger partial charge < -0.3 is 5.43 Å². The molecule has 0 aromatic carbocycles. The van der Waals surface area contributed by atoms with E-state index in [2.05, 4.69) is 10.4 Å². The normalized spacial score (nSPS) is 11.6. The topological polar surface area (TPSA) is 50.9 Å². The number of hydrogen-bond acceptors (Lipinski definition) is 4. The number of nitrogens with one attached hydrogen (secondary N) is 1. The van der Waals surface area contributed by atoms with E-state index in [0.29, 0.717) is 0 Å². The lowest BCUT2D eigenvalue weighted by Crippen LogP contribution is -2.13. The second-order valence-corrected chi connectivity index (χ2v) is 5.78. The van der Waals surface area contributed by atoms with Crippen LogP contribution >= 0.6 is 11.8 Å². The molecule has 0 unspecified atom stereocenters. The lowest BCUT2D eigenvalue weighted by atomic mass is 10.3. The average Bonchev–Trinajstić information content (AvgIpc) is 2.07. The van der Waals surface area contributed by atoms with Crippen molar-refractivity contribution < 1.29 is 8.78 Å². The van der Waals surface area contributed by atoms with Crippen LogP contribution in [0.25, 0.3) is 0 Å². The second kappa shape index (κ2) is 4.32. The summed E-state index contributed by atoms with van der Waals surface area (Å²) in [7, 11) is 0. The van der Waals surface area contributed by atoms with E-state index in [0.717, 1.165) is 6.07 Å². The van der Waals surface area contributed by atoms with Crippen molar-refractivity contribution in [1.82, 2.24) is 4.98 Å². The third-order valence-corrected chi connectivity index (χ3v) is 2.53. The molecule has 0 radical (unpaired) electrons. The first-order chi connectivity index (χ1) is 6.83. The predicted octanol–water partition coefficient (Wildman–Crippen LogP) is 2.54. The van der Waals surface area contributed by atoms with Gasteiger partial charge in [0.25, 0.3) is 0 Å². The molecule has 15 heavy (non-hydrogen) atoms. The molecule has 0 saturated carbocycles. The quantitative estimate of drug-likeness (QED) is 0.468. The van der Waals surface area contributed by atoms with Gasteiger partial charge in [0.2, 0.25) is 0 Å². The molecule has 84 valence electrons. The highest BCUT2D eigenvalue weighted by Crippen LogP contribution is 2.33. The number of nitrogen functional groups attached to an aromatic ring is 1. The number of nitrogens with two attached hydrogens (primary N) is 1. The Kier molecular flexibility index (Phi) is 3.51. The van der Waals surface area contributed by atoms with E-state index in [4.69, 9.17) is 5.84 Å². The van der Waals surface area contributed by atoms with E-state index in [9.17, 15) is 8.78 Å². The van der Waals surface area contributed by atoms with E-state index >= 15 is 0 Å². The Balaban J connectivity index is 3.08. The zero-order valence-corrected chi connectivity index (χ0v) is 9.58. The molecule has 3 nitrogen and oxygen atoms in total. The molecule has 1 aromatic rings. The largest absolute Gasteiger partial charge is 0.306 e. The lowest BCUT2D eigenvalue weighted by Gasteiger charge is -2.17. The van der Waals surface area contributed by atoms with Crippen LogP contribution in [-0.2, 0) is 0 Å². The van der Waals surface area contributed by atoms with Crippen LogP contribution in [0.3, 0.4) is 0 Å². The molecule has 0 atom stereocenters. The highest BCUT2D eigenvalue weighted by atomic mass is 32.2. The third-order valence-electron chi connectivity index (χ3n) is 1.44. The molecule has 1 aromatic heterocycles. The van der Waals surface area contributed by atoms with Gasteiger partial charge in [-0.05, 0) is 0 Å². The van der Waals surface area contributed by atoms with Crippen LogP contribution in [-0.4, -0.2) is 9.73 Å². The molecular weight excluding hydrogens is 220 g/mol. The third kappa shape index (κ3) is 3.32. The molecule has 3 N–H and O–H groups in total. The molecule has 0 bridgehead atoms. The molecule has 6 heteroatoms. The summed E-state index contributed by atoms with van der Waals surface area (Å²) in [6, 6.07) is 0.774. The van der Waals surface area contributed by atoms with Crippen LogP contribution in [0.15, 0.2) is 11.1 Å². The summed E-state index contributed by atoms with van der Waals surface area (Å²) in [6.45, 7) is 5.74. The van der Waals surface area contributed by atoms with E-state index < -0.39 is 11.6 Å². The van der Waals surface area contributed by atoms with Crippen molar-refractivity contribution in [3.8, 4) is 0 Å². The van der Waals surface area contributed by atoms with Gasteiger partial charge in [-0.1, -0.05) is 32.5 Å². The zero-order chi connectivity index (χ0) is 11.6. The minimum Gasteiger partial charge on any atom is -0.306 e. The number of hydrazine groups is 1. The van der Waals surface area contributed by atoms with Crippen molar-refractivity contribution in [3.63, 3.8) is 0 Å². The lowest BCUT2D eigenvalue weighted by molar-refractivity contribution is 0.550. The van der Waals surface area contributed by atoms with Gasteiger partial charge in [-0.2, -0.15) is 0 Å². The molecular formula is C9H13F2N3S. The van der Waals surface area contributed by atoms with Crippen molar-refractivity contribution in [1.29, 1.82) is 0 Å². The molecule has 0 fully saturated rings. The standard InChI is InChI=1S/C9H13F2N3S/c1-9(2,3)15-8-6(11)4-5(10)7(13-8)14-12/h4H,12H2,1-3H3,(H,13,14). The molecule has 0 amide bonds. The van der Waals surface area contributed by atoms with Gasteiger partial charge >= 0.3 is 0 Å². The smallest absolute Gasteiger partial charge is 0.177 e. The molecule has 0 aliphatic heterocycles. The van der Waals surface area contributed by atoms with E-state index in [1.807, 2.05) is 20.8 Å². The van der Waals surface area contributed by atoms with Gasteiger partial charge in [-0.15, -0.1) is 0 Å². The van der Waals surface area contributed by atoms with Crippen molar-refractivity contribution >= 4 is 17.6 Å². The Labute approximate surface area is 91.4 Å². The molecule has 1 rings (SSSR count). The van der Waals surface area contributed by atoms with Crippen LogP contribution in [0.2, 0.25) is 0 Å². The number of rotatable bonds is 2. The second-order valence-electron chi connectivity index (χ2n) is 3.96. The summed E-state index contributed by atoms with van der Waals surface area (Å²) in [5, 5.41) is 0.136. The highest BCUT2D eigenvalue weighted by molar-refractivity contribution is 8.00. The van der Waals surface area contributed by atoms with Crippen LogP contribution in [0.5, 0.6) is 0 Å². The monoisotopic (exact) mass is 233 g/mol. The fourth-order valence-corrected chi connectivity index (χ4v) is 1.79. The molecule has 1 heterocycles. The zero-order valence-electron chi connectivity index (χ0n) is 8.77. The maximum Gasteiger partial charge on any atom is 0.177 e. The summed E-state index contributed by atoms with van der Waals surface area (Å²) in [5.74, 6) is 3.43. The average molecular weight is 233 g/mol. The first kappa shape index (κ1) is 12.2. The Hall–Kier alpha value is -0.880. The Morgan fingerprint density at radius 1 is 1.33 bits per heavy atom.